The summed E-state index contributed by atoms with van der Waals surface area (Å²) in [5.74, 6) is -0.0994. The van der Waals surface area contributed by atoms with E-state index in [1.165, 1.54) is 6.42 Å². The summed E-state index contributed by atoms with van der Waals surface area (Å²) in [5, 5.41) is 4.02. The van der Waals surface area contributed by atoms with Gasteiger partial charge in [-0.3, -0.25) is 9.59 Å². The number of carbonyl (C=O) groups is 2. The number of carbonyl (C=O) groups excluding carboxylic acids is 2. The minimum absolute atomic E-state index is 0.0357. The van der Waals surface area contributed by atoms with E-state index in [-0.39, 0.29) is 24.4 Å². The van der Waals surface area contributed by atoms with Crippen molar-refractivity contribution in [3.05, 3.63) is 39.8 Å². The molecule has 0 bridgehead atoms. The van der Waals surface area contributed by atoms with Crippen LogP contribution < -0.4 is 5.32 Å². The van der Waals surface area contributed by atoms with Crippen LogP contribution in [-0.4, -0.2) is 65.6 Å². The lowest BCUT2D eigenvalue weighted by Gasteiger charge is -2.43. The van der Waals surface area contributed by atoms with E-state index in [4.69, 9.17) is 11.6 Å². The topological polar surface area (TPSA) is 52.7 Å². The SMILES string of the molecule is CCN(CC)CCCNC(=O)CN1C(=O)/C(=C\c2cccc(Cl)c2)SC2CCCCC21. The van der Waals surface area contributed by atoms with Crippen molar-refractivity contribution in [2.24, 2.45) is 0 Å². The number of nitrogens with one attached hydrogen (secondary N) is 1. The molecule has 170 valence electrons. The van der Waals surface area contributed by atoms with Crippen LogP contribution in [0, 0.1) is 0 Å². The summed E-state index contributed by atoms with van der Waals surface area (Å²) in [6.45, 7) is 8.10. The molecule has 1 saturated heterocycles. The number of hydrogen-bond donors (Lipinski definition) is 1. The van der Waals surface area contributed by atoms with Crippen molar-refractivity contribution in [3.63, 3.8) is 0 Å². The molecule has 7 heteroatoms. The van der Waals surface area contributed by atoms with Crippen LogP contribution in [0.15, 0.2) is 29.2 Å². The quantitative estimate of drug-likeness (QED) is 0.435. The van der Waals surface area contributed by atoms with Crippen molar-refractivity contribution < 1.29 is 9.59 Å². The maximum absolute atomic E-state index is 13.3. The first kappa shape index (κ1) is 24.1. The summed E-state index contributed by atoms with van der Waals surface area (Å²) in [5.41, 5.74) is 0.915. The van der Waals surface area contributed by atoms with E-state index in [0.717, 1.165) is 50.9 Å². The molecule has 1 aromatic rings. The number of fused-ring (bicyclic) bond motifs is 1. The van der Waals surface area contributed by atoms with Gasteiger partial charge in [0.05, 0.1) is 4.91 Å². The first-order valence-electron chi connectivity index (χ1n) is 11.5. The molecular formula is C24H34ClN3O2S. The molecule has 2 unspecified atom stereocenters. The van der Waals surface area contributed by atoms with E-state index in [0.29, 0.717) is 21.7 Å². The van der Waals surface area contributed by atoms with E-state index in [2.05, 4.69) is 24.1 Å². The zero-order valence-corrected chi connectivity index (χ0v) is 20.2. The first-order valence-corrected chi connectivity index (χ1v) is 12.7. The molecular weight excluding hydrogens is 430 g/mol. The average Bonchev–Trinajstić information content (AvgIpc) is 2.77. The lowest BCUT2D eigenvalue weighted by Crippen LogP contribution is -2.54. The Balaban J connectivity index is 1.65. The number of halogens is 1. The number of rotatable bonds is 9. The Morgan fingerprint density at radius 3 is 2.81 bits per heavy atom. The Morgan fingerprint density at radius 1 is 1.29 bits per heavy atom. The van der Waals surface area contributed by atoms with Crippen molar-refractivity contribution in [1.82, 2.24) is 15.1 Å². The van der Waals surface area contributed by atoms with Crippen molar-refractivity contribution in [1.29, 1.82) is 0 Å². The van der Waals surface area contributed by atoms with Crippen molar-refractivity contribution in [2.45, 2.75) is 57.2 Å². The van der Waals surface area contributed by atoms with Gasteiger partial charge in [-0.05, 0) is 62.7 Å². The van der Waals surface area contributed by atoms with Gasteiger partial charge in [0.1, 0.15) is 6.54 Å². The second-order valence-electron chi connectivity index (χ2n) is 8.24. The van der Waals surface area contributed by atoms with Gasteiger partial charge in [-0.25, -0.2) is 0 Å². The molecule has 1 aliphatic heterocycles. The standard InChI is InChI=1S/C24H34ClN3O2S/c1-3-27(4-2)14-8-13-26-23(29)17-28-20-11-5-6-12-21(20)31-22(24(28)30)16-18-9-7-10-19(25)15-18/h7,9-10,15-16,20-21H,3-6,8,11-14,17H2,1-2H3,(H,26,29)/b22-16+. The van der Waals surface area contributed by atoms with Crippen LogP contribution in [0.3, 0.4) is 0 Å². The smallest absolute Gasteiger partial charge is 0.261 e. The molecule has 1 N–H and O–H groups in total. The van der Waals surface area contributed by atoms with E-state index >= 15 is 0 Å². The second-order valence-corrected chi connectivity index (χ2v) is 9.95. The van der Waals surface area contributed by atoms with E-state index in [9.17, 15) is 9.59 Å². The predicted molar refractivity (Wildman–Crippen MR) is 130 cm³/mol. The van der Waals surface area contributed by atoms with Crippen LogP contribution in [0.25, 0.3) is 6.08 Å². The van der Waals surface area contributed by atoms with Gasteiger partial charge in [-0.2, -0.15) is 0 Å². The third-order valence-corrected chi connectivity index (χ3v) is 7.78. The lowest BCUT2D eigenvalue weighted by atomic mass is 9.93. The molecule has 1 aromatic carbocycles. The third kappa shape index (κ3) is 6.74. The lowest BCUT2D eigenvalue weighted by molar-refractivity contribution is -0.135. The molecule has 31 heavy (non-hydrogen) atoms. The van der Waals surface area contributed by atoms with E-state index in [1.807, 2.05) is 35.2 Å². The van der Waals surface area contributed by atoms with Crippen molar-refractivity contribution >= 4 is 41.3 Å². The van der Waals surface area contributed by atoms with Crippen molar-refractivity contribution in [2.75, 3.05) is 32.7 Å². The minimum Gasteiger partial charge on any atom is -0.355 e. The van der Waals surface area contributed by atoms with Crippen LogP contribution in [-0.2, 0) is 9.59 Å². The summed E-state index contributed by atoms with van der Waals surface area (Å²) in [4.78, 5) is 30.9. The van der Waals surface area contributed by atoms with Gasteiger partial charge in [0, 0.05) is 22.9 Å². The number of thioether (sulfide) groups is 1. The summed E-state index contributed by atoms with van der Waals surface area (Å²) >= 11 is 7.79. The molecule has 3 rings (SSSR count). The molecule has 0 spiro atoms. The fraction of sp³-hybridized carbons (Fsp3) is 0.583. The normalized spacial score (nSPS) is 22.6. The van der Waals surface area contributed by atoms with Gasteiger partial charge in [0.2, 0.25) is 5.91 Å². The average molecular weight is 464 g/mol. The summed E-state index contributed by atoms with van der Waals surface area (Å²) < 4.78 is 0. The zero-order valence-electron chi connectivity index (χ0n) is 18.6. The zero-order chi connectivity index (χ0) is 22.2. The van der Waals surface area contributed by atoms with Crippen LogP contribution in [0.4, 0.5) is 0 Å². The second kappa shape index (κ2) is 11.9. The van der Waals surface area contributed by atoms with Gasteiger partial charge in [-0.15, -0.1) is 11.8 Å². The Bertz CT molecular complexity index is 797. The fourth-order valence-electron chi connectivity index (χ4n) is 4.39. The Labute approximate surface area is 195 Å². The largest absolute Gasteiger partial charge is 0.355 e. The molecule has 2 fully saturated rings. The van der Waals surface area contributed by atoms with Crippen LogP contribution >= 0.6 is 23.4 Å². The number of hydrogen-bond acceptors (Lipinski definition) is 4. The molecule has 0 aromatic heterocycles. The van der Waals surface area contributed by atoms with Gasteiger partial charge in [-0.1, -0.05) is 50.4 Å². The molecule has 2 amide bonds. The van der Waals surface area contributed by atoms with Crippen LogP contribution in [0.2, 0.25) is 5.02 Å². The number of amides is 2. The Kier molecular flexibility index (Phi) is 9.30. The highest BCUT2D eigenvalue weighted by atomic mass is 35.5. The monoisotopic (exact) mass is 463 g/mol. The number of benzene rings is 1. The predicted octanol–water partition coefficient (Wildman–Crippen LogP) is 4.42. The minimum atomic E-state index is -0.0637. The van der Waals surface area contributed by atoms with Crippen LogP contribution in [0.5, 0.6) is 0 Å². The van der Waals surface area contributed by atoms with E-state index in [1.54, 1.807) is 11.8 Å². The van der Waals surface area contributed by atoms with Gasteiger partial charge < -0.3 is 15.1 Å². The Hall–Kier alpha value is -1.50. The fourth-order valence-corrected chi connectivity index (χ4v) is 6.06. The van der Waals surface area contributed by atoms with Gasteiger partial charge >= 0.3 is 0 Å². The summed E-state index contributed by atoms with van der Waals surface area (Å²) in [7, 11) is 0. The molecule has 2 aliphatic rings. The summed E-state index contributed by atoms with van der Waals surface area (Å²) in [6, 6.07) is 7.67. The third-order valence-electron chi connectivity index (χ3n) is 6.15. The number of nitrogens with zero attached hydrogens (tertiary/aromatic N) is 2. The maximum atomic E-state index is 13.3. The highest BCUT2D eigenvalue weighted by molar-refractivity contribution is 8.04. The first-order chi connectivity index (χ1) is 15.0. The Morgan fingerprint density at radius 2 is 2.06 bits per heavy atom. The maximum Gasteiger partial charge on any atom is 0.261 e. The molecule has 1 aliphatic carbocycles. The molecule has 5 nitrogen and oxygen atoms in total. The van der Waals surface area contributed by atoms with Crippen molar-refractivity contribution in [3.8, 4) is 0 Å². The molecule has 1 saturated carbocycles. The highest BCUT2D eigenvalue weighted by Crippen LogP contribution is 2.42. The molecule has 2 atom stereocenters. The summed E-state index contributed by atoms with van der Waals surface area (Å²) in [6.07, 6.45) is 7.19. The molecule has 1 heterocycles. The van der Waals surface area contributed by atoms with Gasteiger partial charge in [0.25, 0.3) is 5.91 Å². The molecule has 0 radical (unpaired) electrons. The van der Waals surface area contributed by atoms with Crippen LogP contribution in [0.1, 0.15) is 51.5 Å². The highest BCUT2D eigenvalue weighted by Gasteiger charge is 2.41. The van der Waals surface area contributed by atoms with Gasteiger partial charge in [0.15, 0.2) is 0 Å². The van der Waals surface area contributed by atoms with E-state index < -0.39 is 0 Å².